The van der Waals surface area contributed by atoms with E-state index in [0.717, 1.165) is 5.56 Å². The summed E-state index contributed by atoms with van der Waals surface area (Å²) in [7, 11) is 0. The number of nitrogens with zero attached hydrogens (tertiary/aromatic N) is 1. The molecule has 1 N–H and O–H groups in total. The molecular weight excluding hydrogens is 326 g/mol. The van der Waals surface area contributed by atoms with Gasteiger partial charge in [-0.2, -0.15) is 0 Å². The van der Waals surface area contributed by atoms with Crippen molar-refractivity contribution >= 4 is 35.4 Å². The zero-order valence-corrected chi connectivity index (χ0v) is 14.1. The molecule has 1 aliphatic heterocycles. The van der Waals surface area contributed by atoms with Crippen molar-refractivity contribution in [3.05, 3.63) is 34.9 Å². The molecule has 1 amide bonds. The molecule has 2 rings (SSSR count). The number of hydrogen-bond acceptors (Lipinski definition) is 4. The van der Waals surface area contributed by atoms with Gasteiger partial charge >= 0.3 is 12.1 Å². The van der Waals surface area contributed by atoms with Gasteiger partial charge in [-0.25, -0.2) is 9.59 Å². The molecule has 1 aliphatic rings. The van der Waals surface area contributed by atoms with Crippen LogP contribution in [0.15, 0.2) is 24.3 Å². The molecule has 0 bridgehead atoms. The molecule has 1 aromatic rings. The van der Waals surface area contributed by atoms with Crippen molar-refractivity contribution < 1.29 is 19.4 Å². The van der Waals surface area contributed by atoms with Crippen LogP contribution in [-0.2, 0) is 9.53 Å². The van der Waals surface area contributed by atoms with E-state index in [9.17, 15) is 14.7 Å². The Bertz CT molecular complexity index is 587. The predicted molar refractivity (Wildman–Crippen MR) is 86.1 cm³/mol. The molecule has 0 radical (unpaired) electrons. The number of carbonyl (C=O) groups excluding carboxylic acids is 1. The number of benzene rings is 1. The number of carboxylic acids is 1. The van der Waals surface area contributed by atoms with E-state index >= 15 is 0 Å². The zero-order valence-electron chi connectivity index (χ0n) is 12.6. The van der Waals surface area contributed by atoms with Crippen molar-refractivity contribution in [3.63, 3.8) is 0 Å². The highest BCUT2D eigenvalue weighted by Crippen LogP contribution is 2.42. The number of hydrogen-bond donors (Lipinski definition) is 1. The normalized spacial score (nSPS) is 21.7. The third-order valence-electron chi connectivity index (χ3n) is 3.02. The largest absolute Gasteiger partial charge is 0.480 e. The molecule has 1 aromatic carbocycles. The average Bonchev–Trinajstić information content (AvgIpc) is 2.81. The topological polar surface area (TPSA) is 66.8 Å². The summed E-state index contributed by atoms with van der Waals surface area (Å²) in [6.45, 7) is 5.24. The van der Waals surface area contributed by atoms with Crippen molar-refractivity contribution in [2.45, 2.75) is 37.8 Å². The van der Waals surface area contributed by atoms with Crippen LogP contribution in [0.5, 0.6) is 0 Å². The Kier molecular flexibility index (Phi) is 4.92. The zero-order chi connectivity index (χ0) is 16.5. The minimum atomic E-state index is -1.04. The van der Waals surface area contributed by atoms with Gasteiger partial charge in [-0.15, -0.1) is 11.8 Å². The molecule has 0 saturated carbocycles. The van der Waals surface area contributed by atoms with E-state index in [2.05, 4.69) is 0 Å². The summed E-state index contributed by atoms with van der Waals surface area (Å²) in [5.41, 5.74) is 0.0961. The van der Waals surface area contributed by atoms with Gasteiger partial charge in [0.1, 0.15) is 17.0 Å². The molecule has 0 aromatic heterocycles. The minimum Gasteiger partial charge on any atom is -0.480 e. The van der Waals surface area contributed by atoms with Crippen LogP contribution < -0.4 is 0 Å². The van der Waals surface area contributed by atoms with Crippen LogP contribution in [0.1, 0.15) is 31.7 Å². The first kappa shape index (κ1) is 17.0. The molecule has 1 heterocycles. The van der Waals surface area contributed by atoms with Gasteiger partial charge in [-0.1, -0.05) is 23.7 Å². The van der Waals surface area contributed by atoms with Crippen LogP contribution in [0, 0.1) is 0 Å². The van der Waals surface area contributed by atoms with E-state index in [4.69, 9.17) is 16.3 Å². The lowest BCUT2D eigenvalue weighted by molar-refractivity contribution is -0.142. The van der Waals surface area contributed by atoms with Gasteiger partial charge < -0.3 is 9.84 Å². The Morgan fingerprint density at radius 1 is 1.41 bits per heavy atom. The van der Waals surface area contributed by atoms with E-state index in [1.165, 1.54) is 16.7 Å². The monoisotopic (exact) mass is 343 g/mol. The highest BCUT2D eigenvalue weighted by Gasteiger charge is 2.44. The fourth-order valence-corrected chi connectivity index (χ4v) is 3.75. The Labute approximate surface area is 138 Å². The first-order valence-corrected chi connectivity index (χ1v) is 8.23. The van der Waals surface area contributed by atoms with Crippen molar-refractivity contribution in [3.8, 4) is 0 Å². The molecule has 1 saturated heterocycles. The minimum absolute atomic E-state index is 0.311. The maximum atomic E-state index is 12.4. The van der Waals surface area contributed by atoms with Gasteiger partial charge in [0.15, 0.2) is 0 Å². The molecule has 0 unspecified atom stereocenters. The third kappa shape index (κ3) is 3.87. The molecule has 0 aliphatic carbocycles. The van der Waals surface area contributed by atoms with Gasteiger partial charge in [-0.05, 0) is 38.5 Å². The van der Waals surface area contributed by atoms with Crippen molar-refractivity contribution in [1.29, 1.82) is 0 Å². The van der Waals surface area contributed by atoms with Crippen molar-refractivity contribution in [1.82, 2.24) is 4.90 Å². The number of rotatable bonds is 2. The van der Waals surface area contributed by atoms with Crippen LogP contribution in [0.4, 0.5) is 4.79 Å². The fourth-order valence-electron chi connectivity index (χ4n) is 2.15. The molecule has 1 fully saturated rings. The highest BCUT2D eigenvalue weighted by molar-refractivity contribution is 7.99. The standard InChI is InChI=1S/C15H18ClNO4S/c1-15(2,3)21-14(20)17-11(13(18)19)8-22-12(17)9-5-4-6-10(16)7-9/h4-7,11-12H,8H2,1-3H3,(H,18,19)/t11-,12-/m1/s1. The number of aliphatic carboxylic acids is 1. The molecule has 0 spiro atoms. The maximum absolute atomic E-state index is 12.4. The van der Waals surface area contributed by atoms with Crippen LogP contribution in [0.2, 0.25) is 5.02 Å². The van der Waals surface area contributed by atoms with Gasteiger partial charge in [0, 0.05) is 10.8 Å². The molecule has 5 nitrogen and oxygen atoms in total. The number of carboxylic acid groups (broad SMARTS) is 1. The molecular formula is C15H18ClNO4S. The van der Waals surface area contributed by atoms with Gasteiger partial charge in [0.05, 0.1) is 0 Å². The number of carbonyl (C=O) groups is 2. The van der Waals surface area contributed by atoms with Crippen molar-refractivity contribution in [2.75, 3.05) is 5.75 Å². The number of halogens is 1. The second-order valence-corrected chi connectivity index (χ2v) is 7.53. The third-order valence-corrected chi connectivity index (χ3v) is 4.58. The van der Waals surface area contributed by atoms with Gasteiger partial charge in [-0.3, -0.25) is 4.90 Å². The Hall–Kier alpha value is -1.40. The Morgan fingerprint density at radius 2 is 2.09 bits per heavy atom. The summed E-state index contributed by atoms with van der Waals surface area (Å²) in [6, 6.07) is 6.16. The second-order valence-electron chi connectivity index (χ2n) is 5.98. The summed E-state index contributed by atoms with van der Waals surface area (Å²) < 4.78 is 5.36. The van der Waals surface area contributed by atoms with Gasteiger partial charge in [0.2, 0.25) is 0 Å². The average molecular weight is 344 g/mol. The van der Waals surface area contributed by atoms with E-state index < -0.39 is 29.1 Å². The highest BCUT2D eigenvalue weighted by atomic mass is 35.5. The van der Waals surface area contributed by atoms with E-state index in [1.807, 2.05) is 6.07 Å². The summed E-state index contributed by atoms with van der Waals surface area (Å²) in [5, 5.41) is 9.48. The van der Waals surface area contributed by atoms with Crippen molar-refractivity contribution in [2.24, 2.45) is 0 Å². The molecule has 2 atom stereocenters. The first-order valence-electron chi connectivity index (χ1n) is 6.80. The fraction of sp³-hybridized carbons (Fsp3) is 0.467. The number of ether oxygens (including phenoxy) is 1. The number of amides is 1. The first-order chi connectivity index (χ1) is 10.2. The molecule has 120 valence electrons. The van der Waals surface area contributed by atoms with E-state index in [1.54, 1.807) is 39.0 Å². The van der Waals surface area contributed by atoms with Gasteiger partial charge in [0.25, 0.3) is 0 Å². The lowest BCUT2D eigenvalue weighted by Crippen LogP contribution is -2.45. The SMILES string of the molecule is CC(C)(C)OC(=O)N1[C@@H](C(=O)O)CS[C@@H]1c1cccc(Cl)c1. The Balaban J connectivity index is 2.32. The molecule has 7 heteroatoms. The summed E-state index contributed by atoms with van der Waals surface area (Å²) in [5.74, 6) is -0.728. The second kappa shape index (κ2) is 6.38. The van der Waals surface area contributed by atoms with Crippen LogP contribution in [-0.4, -0.2) is 39.5 Å². The van der Waals surface area contributed by atoms with Crippen LogP contribution in [0.25, 0.3) is 0 Å². The number of thioether (sulfide) groups is 1. The van der Waals surface area contributed by atoms with Crippen LogP contribution >= 0.6 is 23.4 Å². The summed E-state index contributed by atoms with van der Waals surface area (Å²) in [4.78, 5) is 25.2. The predicted octanol–water partition coefficient (Wildman–Crippen LogP) is 3.78. The summed E-state index contributed by atoms with van der Waals surface area (Å²) >= 11 is 7.38. The summed E-state index contributed by atoms with van der Waals surface area (Å²) in [6.07, 6.45) is -0.630. The smallest absolute Gasteiger partial charge is 0.412 e. The van der Waals surface area contributed by atoms with Crippen LogP contribution in [0.3, 0.4) is 0 Å². The quantitative estimate of drug-likeness (QED) is 0.885. The maximum Gasteiger partial charge on any atom is 0.412 e. The Morgan fingerprint density at radius 3 is 2.64 bits per heavy atom. The lowest BCUT2D eigenvalue weighted by Gasteiger charge is -2.30. The molecule has 22 heavy (non-hydrogen) atoms. The lowest BCUT2D eigenvalue weighted by atomic mass is 10.2. The van der Waals surface area contributed by atoms with E-state index in [0.29, 0.717) is 10.8 Å². The van der Waals surface area contributed by atoms with E-state index in [-0.39, 0.29) is 0 Å².